The number of hydrogen-bond donors (Lipinski definition) is 3. The SMILES string of the molecule is CC(C)CC(=O)NCCC(=O)N1NCCC[C@H]1C(=O)N[C@H](C(=O)COC(=O)c1cnccn1)C(C)C. The zero-order chi connectivity index (χ0) is 26.7. The molecule has 12 heteroatoms. The van der Waals surface area contributed by atoms with E-state index in [0.29, 0.717) is 25.8 Å². The molecule has 1 aromatic rings. The highest BCUT2D eigenvalue weighted by atomic mass is 16.5. The molecule has 3 amide bonds. The number of rotatable bonds is 12. The third kappa shape index (κ3) is 8.99. The van der Waals surface area contributed by atoms with Crippen LogP contribution in [0.1, 0.15) is 63.9 Å². The molecule has 0 radical (unpaired) electrons. The van der Waals surface area contributed by atoms with Crippen molar-refractivity contribution in [2.75, 3.05) is 19.7 Å². The number of ether oxygens (including phenoxy) is 1. The minimum Gasteiger partial charge on any atom is -0.453 e. The quantitative estimate of drug-likeness (QED) is 0.342. The minimum absolute atomic E-state index is 0.0294. The molecule has 2 heterocycles. The lowest BCUT2D eigenvalue weighted by molar-refractivity contribution is -0.147. The van der Waals surface area contributed by atoms with E-state index in [1.54, 1.807) is 13.8 Å². The summed E-state index contributed by atoms with van der Waals surface area (Å²) in [5, 5.41) is 6.72. The Bertz CT molecular complexity index is 923. The molecule has 198 valence electrons. The normalized spacial score (nSPS) is 16.4. The smallest absolute Gasteiger partial charge is 0.358 e. The number of esters is 1. The van der Waals surface area contributed by atoms with E-state index in [9.17, 15) is 24.0 Å². The Kier molecular flexibility index (Phi) is 11.4. The van der Waals surface area contributed by atoms with Crippen molar-refractivity contribution in [2.45, 2.75) is 65.5 Å². The topological polar surface area (TPSA) is 160 Å². The highest BCUT2D eigenvalue weighted by molar-refractivity contribution is 5.95. The molecule has 0 saturated carbocycles. The molecule has 1 aliphatic rings. The fraction of sp³-hybridized carbons (Fsp3) is 0.625. The molecule has 2 rings (SSSR count). The number of aromatic nitrogens is 2. The molecule has 2 atom stereocenters. The first-order valence-electron chi connectivity index (χ1n) is 12.2. The van der Waals surface area contributed by atoms with Crippen molar-refractivity contribution >= 4 is 29.5 Å². The van der Waals surface area contributed by atoms with Crippen molar-refractivity contribution in [3.63, 3.8) is 0 Å². The van der Waals surface area contributed by atoms with Gasteiger partial charge in [-0.2, -0.15) is 0 Å². The van der Waals surface area contributed by atoms with Gasteiger partial charge in [0.05, 0.1) is 12.2 Å². The third-order valence-corrected chi connectivity index (χ3v) is 5.50. The number of hydrogen-bond acceptors (Lipinski definition) is 9. The maximum atomic E-state index is 13.1. The Morgan fingerprint density at radius 3 is 2.56 bits per heavy atom. The van der Waals surface area contributed by atoms with Gasteiger partial charge in [0.1, 0.15) is 6.04 Å². The predicted molar refractivity (Wildman–Crippen MR) is 129 cm³/mol. The van der Waals surface area contributed by atoms with Crippen LogP contribution in [0.2, 0.25) is 0 Å². The molecular weight excluding hydrogens is 468 g/mol. The molecule has 1 aliphatic heterocycles. The second kappa shape index (κ2) is 14.2. The molecule has 12 nitrogen and oxygen atoms in total. The van der Waals surface area contributed by atoms with E-state index in [1.807, 2.05) is 13.8 Å². The maximum Gasteiger partial charge on any atom is 0.358 e. The van der Waals surface area contributed by atoms with E-state index in [4.69, 9.17) is 4.74 Å². The summed E-state index contributed by atoms with van der Waals surface area (Å²) in [6.07, 6.45) is 5.47. The van der Waals surface area contributed by atoms with E-state index in [2.05, 4.69) is 26.0 Å². The molecule has 0 aliphatic carbocycles. The molecular formula is C24H36N6O6. The second-order valence-corrected chi connectivity index (χ2v) is 9.39. The molecule has 0 spiro atoms. The number of carbonyl (C=O) groups is 5. The molecule has 3 N–H and O–H groups in total. The van der Waals surface area contributed by atoms with E-state index in [-0.39, 0.29) is 42.3 Å². The fourth-order valence-electron chi connectivity index (χ4n) is 3.69. The van der Waals surface area contributed by atoms with Gasteiger partial charge in [-0.3, -0.25) is 29.2 Å². The number of Topliss-reactive ketones (excluding diaryl/α,β-unsaturated/α-hetero) is 1. The molecule has 36 heavy (non-hydrogen) atoms. The molecule has 0 bridgehead atoms. The summed E-state index contributed by atoms with van der Waals surface area (Å²) in [4.78, 5) is 70.2. The van der Waals surface area contributed by atoms with Gasteiger partial charge in [-0.25, -0.2) is 15.2 Å². The lowest BCUT2D eigenvalue weighted by Gasteiger charge is -2.36. The van der Waals surface area contributed by atoms with Crippen LogP contribution >= 0.6 is 0 Å². The lowest BCUT2D eigenvalue weighted by Crippen LogP contribution is -2.61. The van der Waals surface area contributed by atoms with Crippen LogP contribution in [0.4, 0.5) is 0 Å². The van der Waals surface area contributed by atoms with Crippen LogP contribution in [0.5, 0.6) is 0 Å². The molecule has 1 fully saturated rings. The standard InChI is InChI=1S/C24H36N6O6/c1-15(2)12-20(32)27-9-7-21(33)30-18(6-5-8-28-30)23(34)29-22(16(3)4)19(31)14-36-24(35)17-13-25-10-11-26-17/h10-11,13,15-16,18,22,28H,5-9,12,14H2,1-4H3,(H,27,32)(H,29,34)/t18-,22-/m0/s1. The molecule has 0 unspecified atom stereocenters. The highest BCUT2D eigenvalue weighted by Gasteiger charge is 2.35. The van der Waals surface area contributed by atoms with Crippen molar-refractivity contribution < 1.29 is 28.7 Å². The van der Waals surface area contributed by atoms with Crippen LogP contribution in [0.3, 0.4) is 0 Å². The van der Waals surface area contributed by atoms with Crippen molar-refractivity contribution in [3.8, 4) is 0 Å². The van der Waals surface area contributed by atoms with Gasteiger partial charge in [-0.15, -0.1) is 0 Å². The zero-order valence-corrected chi connectivity index (χ0v) is 21.3. The number of nitrogens with one attached hydrogen (secondary N) is 3. The Hall–Kier alpha value is -3.41. The lowest BCUT2D eigenvalue weighted by atomic mass is 9.98. The number of hydrazine groups is 1. The van der Waals surface area contributed by atoms with Crippen LogP contribution in [0, 0.1) is 11.8 Å². The summed E-state index contributed by atoms with van der Waals surface area (Å²) in [6, 6.07) is -1.73. The number of carbonyl (C=O) groups excluding carboxylic acids is 5. The monoisotopic (exact) mass is 504 g/mol. The molecule has 1 aromatic heterocycles. The first kappa shape index (κ1) is 28.8. The Labute approximate surface area is 210 Å². The summed E-state index contributed by atoms with van der Waals surface area (Å²) < 4.78 is 5.04. The van der Waals surface area contributed by atoms with E-state index in [1.165, 1.54) is 23.6 Å². The third-order valence-electron chi connectivity index (χ3n) is 5.50. The fourth-order valence-corrected chi connectivity index (χ4v) is 3.69. The summed E-state index contributed by atoms with van der Waals surface area (Å²) in [5.74, 6) is -2.28. The van der Waals surface area contributed by atoms with Crippen molar-refractivity contribution in [2.24, 2.45) is 11.8 Å². The van der Waals surface area contributed by atoms with Gasteiger partial charge >= 0.3 is 5.97 Å². The van der Waals surface area contributed by atoms with Gasteiger partial charge in [0.25, 0.3) is 0 Å². The first-order chi connectivity index (χ1) is 17.1. The van der Waals surface area contributed by atoms with E-state index in [0.717, 1.165) is 0 Å². The Morgan fingerprint density at radius 2 is 1.92 bits per heavy atom. The van der Waals surface area contributed by atoms with Crippen LogP contribution in [0.25, 0.3) is 0 Å². The Balaban J connectivity index is 1.94. The molecule has 1 saturated heterocycles. The summed E-state index contributed by atoms with van der Waals surface area (Å²) in [6.45, 7) is 7.54. The van der Waals surface area contributed by atoms with E-state index >= 15 is 0 Å². The van der Waals surface area contributed by atoms with Crippen LogP contribution in [-0.4, -0.2) is 76.2 Å². The first-order valence-corrected chi connectivity index (χ1v) is 12.2. The van der Waals surface area contributed by atoms with Gasteiger partial charge in [-0.05, 0) is 24.7 Å². The number of ketones is 1. The summed E-state index contributed by atoms with van der Waals surface area (Å²) in [5.41, 5.74) is 2.92. The van der Waals surface area contributed by atoms with Crippen molar-refractivity contribution in [1.29, 1.82) is 0 Å². The van der Waals surface area contributed by atoms with Gasteiger partial charge < -0.3 is 15.4 Å². The average molecular weight is 505 g/mol. The predicted octanol–water partition coefficient (Wildman–Crippen LogP) is 0.391. The van der Waals surface area contributed by atoms with Crippen LogP contribution < -0.4 is 16.1 Å². The highest BCUT2D eigenvalue weighted by Crippen LogP contribution is 2.14. The summed E-state index contributed by atoms with van der Waals surface area (Å²) in [7, 11) is 0. The van der Waals surface area contributed by atoms with Gasteiger partial charge in [0, 0.05) is 38.3 Å². The maximum absolute atomic E-state index is 13.1. The largest absolute Gasteiger partial charge is 0.453 e. The van der Waals surface area contributed by atoms with Gasteiger partial charge in [0.2, 0.25) is 17.7 Å². The van der Waals surface area contributed by atoms with Crippen molar-refractivity contribution in [1.82, 2.24) is 31.0 Å². The number of nitrogens with zero attached hydrogens (tertiary/aromatic N) is 3. The Morgan fingerprint density at radius 1 is 1.17 bits per heavy atom. The zero-order valence-electron chi connectivity index (χ0n) is 21.3. The van der Waals surface area contributed by atoms with Gasteiger partial charge in [-0.1, -0.05) is 27.7 Å². The minimum atomic E-state index is -0.915. The van der Waals surface area contributed by atoms with Crippen LogP contribution in [-0.2, 0) is 23.9 Å². The van der Waals surface area contributed by atoms with Crippen molar-refractivity contribution in [3.05, 3.63) is 24.3 Å². The number of amides is 3. The van der Waals surface area contributed by atoms with Gasteiger partial charge in [0.15, 0.2) is 18.1 Å². The second-order valence-electron chi connectivity index (χ2n) is 9.39. The van der Waals surface area contributed by atoms with Crippen LogP contribution in [0.15, 0.2) is 18.6 Å². The molecule has 0 aromatic carbocycles. The average Bonchev–Trinajstić information content (AvgIpc) is 2.85. The van der Waals surface area contributed by atoms with E-state index < -0.39 is 36.4 Å². The summed E-state index contributed by atoms with van der Waals surface area (Å²) >= 11 is 0.